The zero-order valence-corrected chi connectivity index (χ0v) is 16.6. The van der Waals surface area contributed by atoms with Crippen LogP contribution in [0.1, 0.15) is 15.9 Å². The number of hydrogen-bond donors (Lipinski definition) is 0. The van der Waals surface area contributed by atoms with Crippen LogP contribution in [-0.4, -0.2) is 47.0 Å². The Labute approximate surface area is 174 Å². The summed E-state index contributed by atoms with van der Waals surface area (Å²) in [6.45, 7) is 3.00. The van der Waals surface area contributed by atoms with Crippen LogP contribution in [0.25, 0.3) is 0 Å². The van der Waals surface area contributed by atoms with Crippen LogP contribution in [-0.2, 0) is 6.61 Å². The number of carbonyl (C=O) groups is 1. The van der Waals surface area contributed by atoms with E-state index in [-0.39, 0.29) is 5.91 Å². The molecule has 0 spiro atoms. The van der Waals surface area contributed by atoms with Gasteiger partial charge < -0.3 is 14.5 Å². The summed E-state index contributed by atoms with van der Waals surface area (Å²) in [5.74, 6) is 1.26. The minimum Gasteiger partial charge on any atom is -0.488 e. The average molecular weight is 409 g/mol. The first-order valence-corrected chi connectivity index (χ1v) is 9.86. The van der Waals surface area contributed by atoms with E-state index in [0.29, 0.717) is 55.1 Å². The molecule has 1 aliphatic rings. The Bertz CT molecular complexity index is 958. The lowest BCUT2D eigenvalue weighted by Crippen LogP contribution is -2.49. The number of para-hydroxylation sites is 1. The molecule has 29 heavy (non-hydrogen) atoms. The predicted octanol–water partition coefficient (Wildman–Crippen LogP) is 3.67. The van der Waals surface area contributed by atoms with Crippen molar-refractivity contribution < 1.29 is 9.53 Å². The highest BCUT2D eigenvalue weighted by molar-refractivity contribution is 6.30. The number of hydrogen-bond acceptors (Lipinski definition) is 5. The van der Waals surface area contributed by atoms with Crippen LogP contribution in [0.5, 0.6) is 5.75 Å². The third-order valence-electron chi connectivity index (χ3n) is 4.83. The maximum absolute atomic E-state index is 13.1. The van der Waals surface area contributed by atoms with Crippen LogP contribution in [0.15, 0.2) is 67.0 Å². The molecule has 7 heteroatoms. The van der Waals surface area contributed by atoms with E-state index in [0.717, 1.165) is 5.56 Å². The molecular weight excluding hydrogens is 388 g/mol. The van der Waals surface area contributed by atoms with Gasteiger partial charge in [-0.05, 0) is 35.9 Å². The number of ether oxygens (including phenoxy) is 1. The van der Waals surface area contributed by atoms with Gasteiger partial charge in [0.05, 0.1) is 5.56 Å². The van der Waals surface area contributed by atoms with E-state index in [2.05, 4.69) is 14.9 Å². The number of benzene rings is 2. The van der Waals surface area contributed by atoms with Gasteiger partial charge in [-0.3, -0.25) is 4.79 Å². The number of anilines is 1. The molecule has 0 N–H and O–H groups in total. The van der Waals surface area contributed by atoms with Crippen LogP contribution in [0.3, 0.4) is 0 Å². The van der Waals surface area contributed by atoms with Crippen LogP contribution in [0, 0.1) is 0 Å². The topological polar surface area (TPSA) is 58.6 Å². The van der Waals surface area contributed by atoms with Crippen molar-refractivity contribution in [2.75, 3.05) is 31.1 Å². The largest absolute Gasteiger partial charge is 0.488 e. The van der Waals surface area contributed by atoms with Crippen LogP contribution < -0.4 is 9.64 Å². The van der Waals surface area contributed by atoms with Gasteiger partial charge in [0.2, 0.25) is 5.95 Å². The fourth-order valence-corrected chi connectivity index (χ4v) is 3.37. The lowest BCUT2D eigenvalue weighted by molar-refractivity contribution is 0.0741. The predicted molar refractivity (Wildman–Crippen MR) is 112 cm³/mol. The van der Waals surface area contributed by atoms with Crippen molar-refractivity contribution in [2.24, 2.45) is 0 Å². The molecule has 0 radical (unpaired) electrons. The van der Waals surface area contributed by atoms with Gasteiger partial charge in [-0.2, -0.15) is 0 Å². The first-order chi connectivity index (χ1) is 14.2. The SMILES string of the molecule is O=C(c1ccccc1OCc1ccc(Cl)cc1)N1CCN(c2ncccn2)CC1. The van der Waals surface area contributed by atoms with E-state index < -0.39 is 0 Å². The molecule has 2 aromatic carbocycles. The number of piperazine rings is 1. The van der Waals surface area contributed by atoms with Crippen molar-refractivity contribution in [3.63, 3.8) is 0 Å². The Morgan fingerprint density at radius 3 is 2.34 bits per heavy atom. The van der Waals surface area contributed by atoms with Gasteiger partial charge in [-0.1, -0.05) is 35.9 Å². The van der Waals surface area contributed by atoms with Gasteiger partial charge in [-0.15, -0.1) is 0 Å². The molecule has 148 valence electrons. The van der Waals surface area contributed by atoms with Gasteiger partial charge in [0, 0.05) is 43.6 Å². The molecule has 1 saturated heterocycles. The minimum atomic E-state index is -0.0228. The first-order valence-electron chi connectivity index (χ1n) is 9.48. The molecule has 2 heterocycles. The van der Waals surface area contributed by atoms with Crippen molar-refractivity contribution in [2.45, 2.75) is 6.61 Å². The Balaban J connectivity index is 1.41. The second-order valence-corrected chi connectivity index (χ2v) is 7.18. The molecule has 6 nitrogen and oxygen atoms in total. The summed E-state index contributed by atoms with van der Waals surface area (Å²) >= 11 is 5.93. The number of nitrogens with zero attached hydrogens (tertiary/aromatic N) is 4. The van der Waals surface area contributed by atoms with E-state index in [4.69, 9.17) is 16.3 Å². The molecule has 3 aromatic rings. The van der Waals surface area contributed by atoms with Gasteiger partial charge in [-0.25, -0.2) is 9.97 Å². The standard InChI is InChI=1S/C22H21ClN4O2/c23-18-8-6-17(7-9-18)16-29-20-5-2-1-4-19(20)21(28)26-12-14-27(15-13-26)22-24-10-3-11-25-22/h1-11H,12-16H2. The van der Waals surface area contributed by atoms with Crippen molar-refractivity contribution >= 4 is 23.5 Å². The minimum absolute atomic E-state index is 0.0228. The van der Waals surface area contributed by atoms with E-state index >= 15 is 0 Å². The molecule has 0 aliphatic carbocycles. The van der Waals surface area contributed by atoms with Crippen molar-refractivity contribution in [3.8, 4) is 5.75 Å². The Kier molecular flexibility index (Phi) is 5.91. The number of halogens is 1. The molecular formula is C22H21ClN4O2. The summed E-state index contributed by atoms with van der Waals surface area (Å²) in [7, 11) is 0. The van der Waals surface area contributed by atoms with Crippen molar-refractivity contribution in [3.05, 3.63) is 83.1 Å². The average Bonchev–Trinajstić information content (AvgIpc) is 2.79. The summed E-state index contributed by atoms with van der Waals surface area (Å²) < 4.78 is 5.94. The Morgan fingerprint density at radius 1 is 0.931 bits per heavy atom. The van der Waals surface area contributed by atoms with Gasteiger partial charge in [0.25, 0.3) is 5.91 Å². The molecule has 1 amide bonds. The van der Waals surface area contributed by atoms with E-state index in [1.807, 2.05) is 53.4 Å². The summed E-state index contributed by atoms with van der Waals surface area (Å²) in [5, 5.41) is 0.685. The smallest absolute Gasteiger partial charge is 0.257 e. The summed E-state index contributed by atoms with van der Waals surface area (Å²) in [6, 6.07) is 16.7. The normalized spacial score (nSPS) is 14.0. The summed E-state index contributed by atoms with van der Waals surface area (Å²) in [5.41, 5.74) is 1.57. The molecule has 1 fully saturated rings. The second kappa shape index (κ2) is 8.92. The number of amides is 1. The van der Waals surface area contributed by atoms with Gasteiger partial charge >= 0.3 is 0 Å². The van der Waals surface area contributed by atoms with Crippen LogP contribution in [0.4, 0.5) is 5.95 Å². The molecule has 1 aromatic heterocycles. The zero-order chi connectivity index (χ0) is 20.1. The molecule has 0 bridgehead atoms. The quantitative estimate of drug-likeness (QED) is 0.644. The lowest BCUT2D eigenvalue weighted by Gasteiger charge is -2.34. The lowest BCUT2D eigenvalue weighted by atomic mass is 10.1. The molecule has 1 aliphatic heterocycles. The Hall–Kier alpha value is -3.12. The van der Waals surface area contributed by atoms with Crippen molar-refractivity contribution in [1.82, 2.24) is 14.9 Å². The second-order valence-electron chi connectivity index (χ2n) is 6.74. The van der Waals surface area contributed by atoms with E-state index in [1.54, 1.807) is 18.5 Å². The van der Waals surface area contributed by atoms with Crippen LogP contribution >= 0.6 is 11.6 Å². The van der Waals surface area contributed by atoms with E-state index in [1.165, 1.54) is 0 Å². The van der Waals surface area contributed by atoms with Gasteiger partial charge in [0.1, 0.15) is 12.4 Å². The molecule has 4 rings (SSSR count). The van der Waals surface area contributed by atoms with Crippen molar-refractivity contribution in [1.29, 1.82) is 0 Å². The fourth-order valence-electron chi connectivity index (χ4n) is 3.25. The molecule has 0 unspecified atom stereocenters. The highest BCUT2D eigenvalue weighted by atomic mass is 35.5. The first kappa shape index (κ1) is 19.2. The molecule has 0 atom stereocenters. The van der Waals surface area contributed by atoms with Crippen LogP contribution in [0.2, 0.25) is 5.02 Å². The summed E-state index contributed by atoms with van der Waals surface area (Å²) in [6.07, 6.45) is 3.46. The monoisotopic (exact) mass is 408 g/mol. The fraction of sp³-hybridized carbons (Fsp3) is 0.227. The third-order valence-corrected chi connectivity index (χ3v) is 5.08. The molecule has 0 saturated carbocycles. The maximum Gasteiger partial charge on any atom is 0.257 e. The zero-order valence-electron chi connectivity index (χ0n) is 15.9. The number of carbonyl (C=O) groups excluding carboxylic acids is 1. The Morgan fingerprint density at radius 2 is 1.62 bits per heavy atom. The maximum atomic E-state index is 13.1. The van der Waals surface area contributed by atoms with Gasteiger partial charge in [0.15, 0.2) is 0 Å². The highest BCUT2D eigenvalue weighted by Gasteiger charge is 2.25. The summed E-state index contributed by atoms with van der Waals surface area (Å²) in [4.78, 5) is 25.6. The van der Waals surface area contributed by atoms with E-state index in [9.17, 15) is 4.79 Å². The third kappa shape index (κ3) is 4.66. The number of aromatic nitrogens is 2. The highest BCUT2D eigenvalue weighted by Crippen LogP contribution is 2.23. The number of rotatable bonds is 5.